The maximum absolute atomic E-state index is 12.5. The molecule has 4 rings (SSSR count). The van der Waals surface area contributed by atoms with E-state index in [2.05, 4.69) is 52.2 Å². The zero-order valence-electron chi connectivity index (χ0n) is 22.5. The third kappa shape index (κ3) is 7.16. The summed E-state index contributed by atoms with van der Waals surface area (Å²) in [5.41, 5.74) is 5.74. The number of hydrogen-bond acceptors (Lipinski definition) is 7. The number of rotatable bonds is 11. The Labute approximate surface area is 220 Å². The molecule has 0 spiro atoms. The quantitative estimate of drug-likeness (QED) is 0.345. The van der Waals surface area contributed by atoms with E-state index in [1.54, 1.807) is 6.20 Å². The summed E-state index contributed by atoms with van der Waals surface area (Å²) < 4.78 is 13.4. The lowest BCUT2D eigenvalue weighted by Crippen LogP contribution is -2.32. The first-order valence-electron chi connectivity index (χ1n) is 13.4. The van der Waals surface area contributed by atoms with Crippen molar-refractivity contribution in [2.75, 3.05) is 13.2 Å². The Bertz CT molecular complexity index is 1180. The summed E-state index contributed by atoms with van der Waals surface area (Å²) in [5.74, 6) is 0.821. The zero-order chi connectivity index (χ0) is 26.2. The Morgan fingerprint density at radius 1 is 1.24 bits per heavy atom. The Morgan fingerprint density at radius 3 is 2.86 bits per heavy atom. The highest BCUT2D eigenvalue weighted by molar-refractivity contribution is 5.70. The largest absolute Gasteiger partial charge is 0.489 e. The molecule has 8 nitrogen and oxygen atoms in total. The van der Waals surface area contributed by atoms with Crippen LogP contribution in [0.1, 0.15) is 73.9 Å². The van der Waals surface area contributed by atoms with Crippen molar-refractivity contribution in [1.82, 2.24) is 24.9 Å². The van der Waals surface area contributed by atoms with E-state index in [9.17, 15) is 4.79 Å². The molecule has 3 heterocycles. The Kier molecular flexibility index (Phi) is 9.28. The van der Waals surface area contributed by atoms with Gasteiger partial charge in [-0.25, -0.2) is 0 Å². The summed E-state index contributed by atoms with van der Waals surface area (Å²) in [6.07, 6.45) is 8.70. The number of hydrogen-bond donors (Lipinski definition) is 0. The normalized spacial score (nSPS) is 16.5. The number of fused-ring (bicyclic) bond motifs is 1. The molecular weight excluding hydrogens is 466 g/mol. The molecule has 0 amide bonds. The highest BCUT2D eigenvalue weighted by Crippen LogP contribution is 2.30. The van der Waals surface area contributed by atoms with Crippen LogP contribution in [-0.2, 0) is 35.6 Å². The lowest BCUT2D eigenvalue weighted by Gasteiger charge is -2.25. The van der Waals surface area contributed by atoms with Crippen LogP contribution < -0.4 is 4.74 Å². The number of aromatic nitrogens is 4. The van der Waals surface area contributed by atoms with Gasteiger partial charge in [0.1, 0.15) is 11.9 Å². The molecule has 0 fully saturated rings. The van der Waals surface area contributed by atoms with Gasteiger partial charge in [-0.15, -0.1) is 5.10 Å². The number of esters is 1. The fourth-order valence-corrected chi connectivity index (χ4v) is 4.89. The number of carbonyl (C=O) groups is 1. The summed E-state index contributed by atoms with van der Waals surface area (Å²) in [5, 5.41) is 8.45. The zero-order valence-corrected chi connectivity index (χ0v) is 22.5. The van der Waals surface area contributed by atoms with E-state index in [1.165, 1.54) is 11.1 Å². The predicted molar refractivity (Wildman–Crippen MR) is 142 cm³/mol. The molecule has 8 heteroatoms. The molecule has 2 unspecified atom stereocenters. The van der Waals surface area contributed by atoms with Crippen molar-refractivity contribution in [2.45, 2.75) is 85.0 Å². The molecule has 0 saturated heterocycles. The number of aryl methyl sites for hydroxylation is 3. The van der Waals surface area contributed by atoms with E-state index in [-0.39, 0.29) is 18.0 Å². The van der Waals surface area contributed by atoms with E-state index in [0.29, 0.717) is 13.0 Å². The van der Waals surface area contributed by atoms with E-state index < -0.39 is 0 Å². The fraction of sp³-hybridized carbons (Fsp3) is 0.517. The van der Waals surface area contributed by atoms with Crippen LogP contribution in [0.15, 0.2) is 42.9 Å². The van der Waals surface area contributed by atoms with Crippen molar-refractivity contribution in [1.29, 1.82) is 0 Å². The first-order chi connectivity index (χ1) is 18.0. The molecule has 0 aliphatic carbocycles. The van der Waals surface area contributed by atoms with Gasteiger partial charge in [-0.3, -0.25) is 19.4 Å². The smallest absolute Gasteiger partial charge is 0.306 e. The molecule has 1 aliphatic rings. The van der Waals surface area contributed by atoms with Crippen LogP contribution in [-0.4, -0.2) is 50.1 Å². The number of carbonyl (C=O) groups excluding carboxylic acids is 1. The molecule has 1 aliphatic heterocycles. The number of benzene rings is 1. The second-order valence-electron chi connectivity index (χ2n) is 9.80. The first-order valence-corrected chi connectivity index (χ1v) is 13.4. The van der Waals surface area contributed by atoms with Gasteiger partial charge >= 0.3 is 5.97 Å². The van der Waals surface area contributed by atoms with Gasteiger partial charge in [0.25, 0.3) is 0 Å². The van der Waals surface area contributed by atoms with Gasteiger partial charge in [-0.1, -0.05) is 30.3 Å². The monoisotopic (exact) mass is 505 g/mol. The maximum Gasteiger partial charge on any atom is 0.306 e. The van der Waals surface area contributed by atoms with Gasteiger partial charge in [0.15, 0.2) is 0 Å². The van der Waals surface area contributed by atoms with Crippen LogP contribution >= 0.6 is 0 Å². The molecule has 1 aromatic carbocycles. The highest BCUT2D eigenvalue weighted by atomic mass is 16.5. The topological polar surface area (TPSA) is 82.4 Å². The summed E-state index contributed by atoms with van der Waals surface area (Å²) in [4.78, 5) is 19.3. The predicted octanol–water partition coefficient (Wildman–Crippen LogP) is 4.84. The van der Waals surface area contributed by atoms with E-state index >= 15 is 0 Å². The second-order valence-corrected chi connectivity index (χ2v) is 9.80. The van der Waals surface area contributed by atoms with Crippen LogP contribution in [0.3, 0.4) is 0 Å². The van der Waals surface area contributed by atoms with Crippen LogP contribution in [0.5, 0.6) is 5.75 Å². The molecule has 3 aromatic rings. The SMILES string of the molecule is CCOC(=O)CC(CCc1cn(CC)nn1)c1ccc(C)c(CN2Cc3cnccc3OC(CC)C2)c1. The van der Waals surface area contributed by atoms with Crippen LogP contribution in [0.4, 0.5) is 0 Å². The molecule has 0 bridgehead atoms. The molecule has 2 aromatic heterocycles. The third-order valence-corrected chi connectivity index (χ3v) is 7.08. The number of ether oxygens (including phenoxy) is 2. The van der Waals surface area contributed by atoms with Crippen LogP contribution in [0.2, 0.25) is 0 Å². The molecule has 0 radical (unpaired) electrons. The van der Waals surface area contributed by atoms with Crippen molar-refractivity contribution in [2.24, 2.45) is 0 Å². The molecule has 2 atom stereocenters. The summed E-state index contributed by atoms with van der Waals surface area (Å²) >= 11 is 0. The maximum atomic E-state index is 12.5. The minimum atomic E-state index is -0.161. The van der Waals surface area contributed by atoms with Crippen molar-refractivity contribution in [3.63, 3.8) is 0 Å². The number of pyridine rings is 1. The van der Waals surface area contributed by atoms with Gasteiger partial charge in [0.05, 0.1) is 18.7 Å². The Hall–Kier alpha value is -3.26. The highest BCUT2D eigenvalue weighted by Gasteiger charge is 2.24. The van der Waals surface area contributed by atoms with Gasteiger partial charge in [0, 0.05) is 50.3 Å². The van der Waals surface area contributed by atoms with E-state index in [1.807, 2.05) is 37.0 Å². The van der Waals surface area contributed by atoms with Crippen molar-refractivity contribution >= 4 is 5.97 Å². The lowest BCUT2D eigenvalue weighted by atomic mass is 9.88. The average molecular weight is 506 g/mol. The summed E-state index contributed by atoms with van der Waals surface area (Å²) in [7, 11) is 0. The fourth-order valence-electron chi connectivity index (χ4n) is 4.89. The van der Waals surface area contributed by atoms with Crippen molar-refractivity contribution < 1.29 is 14.3 Å². The van der Waals surface area contributed by atoms with Gasteiger partial charge < -0.3 is 9.47 Å². The van der Waals surface area contributed by atoms with Crippen molar-refractivity contribution in [3.8, 4) is 5.75 Å². The van der Waals surface area contributed by atoms with Crippen LogP contribution in [0.25, 0.3) is 0 Å². The van der Waals surface area contributed by atoms with Gasteiger partial charge in [0.2, 0.25) is 0 Å². The first kappa shape index (κ1) is 26.8. The summed E-state index contributed by atoms with van der Waals surface area (Å²) in [6.45, 7) is 11.9. The molecule has 198 valence electrons. The Morgan fingerprint density at radius 2 is 2.11 bits per heavy atom. The molecular formula is C29H39N5O3. The second kappa shape index (κ2) is 12.8. The molecule has 0 saturated carbocycles. The van der Waals surface area contributed by atoms with Crippen molar-refractivity contribution in [3.05, 3.63) is 70.8 Å². The van der Waals surface area contributed by atoms with Gasteiger partial charge in [-0.2, -0.15) is 0 Å². The van der Waals surface area contributed by atoms with Gasteiger partial charge in [-0.05, 0) is 68.7 Å². The third-order valence-electron chi connectivity index (χ3n) is 7.08. The Balaban J connectivity index is 1.54. The number of nitrogens with zero attached hydrogens (tertiary/aromatic N) is 5. The van der Waals surface area contributed by atoms with E-state index in [4.69, 9.17) is 9.47 Å². The molecule has 37 heavy (non-hydrogen) atoms. The standard InChI is InChI=1S/C29H39N5O3/c1-5-27-20-33(18-25-16-30-13-12-28(25)37-27)17-24-14-22(9-8-21(24)4)23(15-29(35)36-7-3)10-11-26-19-34(6-2)32-31-26/h8-9,12-14,16,19,23,27H,5-7,10-11,15,17-18,20H2,1-4H3. The minimum absolute atomic E-state index is 0.0472. The summed E-state index contributed by atoms with van der Waals surface area (Å²) in [6, 6.07) is 8.58. The lowest BCUT2D eigenvalue weighted by molar-refractivity contribution is -0.143. The van der Waals surface area contributed by atoms with Crippen LogP contribution in [0, 0.1) is 6.92 Å². The average Bonchev–Trinajstić information content (AvgIpc) is 3.28. The molecule has 0 N–H and O–H groups in total. The minimum Gasteiger partial charge on any atom is -0.489 e. The van der Waals surface area contributed by atoms with E-state index in [0.717, 1.165) is 68.0 Å².